The molecule has 0 radical (unpaired) electrons. The lowest BCUT2D eigenvalue weighted by Gasteiger charge is -2.35. The minimum atomic E-state index is -1.13. The van der Waals surface area contributed by atoms with Crippen LogP contribution in [0.3, 0.4) is 0 Å². The Labute approximate surface area is 226 Å². The van der Waals surface area contributed by atoms with Crippen molar-refractivity contribution in [2.24, 2.45) is 11.8 Å². The maximum atomic E-state index is 10.9. The van der Waals surface area contributed by atoms with Gasteiger partial charge in [-0.25, -0.2) is 9.97 Å². The van der Waals surface area contributed by atoms with Crippen LogP contribution in [0.4, 0.5) is 11.8 Å². The summed E-state index contributed by atoms with van der Waals surface area (Å²) in [6.07, 6.45) is 2.44. The topological polar surface area (TPSA) is 146 Å². The minimum absolute atomic E-state index is 0.338. The number of hydrogen-bond donors (Lipinski definition) is 5. The van der Waals surface area contributed by atoms with E-state index in [0.29, 0.717) is 30.2 Å². The Morgan fingerprint density at radius 1 is 1.08 bits per heavy atom. The van der Waals surface area contributed by atoms with Crippen LogP contribution in [0.1, 0.15) is 51.4 Å². The maximum Gasteiger partial charge on any atom is 0.224 e. The van der Waals surface area contributed by atoms with E-state index in [0.717, 1.165) is 58.2 Å². The second-order valence-corrected chi connectivity index (χ2v) is 12.2. The Kier molecular flexibility index (Phi) is 7.58. The van der Waals surface area contributed by atoms with Crippen LogP contribution in [-0.4, -0.2) is 78.4 Å². The molecule has 5 N–H and O–H groups in total. The molecule has 3 heterocycles. The van der Waals surface area contributed by atoms with E-state index in [1.54, 1.807) is 31.4 Å². The third kappa shape index (κ3) is 5.35. The first-order valence-corrected chi connectivity index (χ1v) is 14.2. The summed E-state index contributed by atoms with van der Waals surface area (Å²) in [5.74, 6) is 1.07. The largest absolute Gasteiger partial charge is 0.390 e. The molecule has 11 heteroatoms. The maximum absolute atomic E-state index is 10.9. The van der Waals surface area contributed by atoms with Crippen molar-refractivity contribution >= 4 is 33.3 Å². The number of fused-ring (bicyclic) bond motifs is 1. The number of nitrogens with zero attached hydrogens (tertiary/aromatic N) is 4. The number of hydrogen-bond acceptors (Lipinski definition) is 11. The van der Waals surface area contributed by atoms with Gasteiger partial charge in [-0.1, -0.05) is 0 Å². The Balaban J connectivity index is 1.45. The second kappa shape index (κ2) is 10.6. The number of aliphatic hydroxyl groups is 3. The van der Waals surface area contributed by atoms with Gasteiger partial charge in [0.15, 0.2) is 0 Å². The van der Waals surface area contributed by atoms with Gasteiger partial charge in [-0.15, -0.1) is 11.3 Å². The van der Waals surface area contributed by atoms with Crippen molar-refractivity contribution in [1.29, 1.82) is 0 Å². The standard InChI is InChI=1S/C27H38N6O4S/c1-6-37-16-9-15(10-16)12-29-26-30-13(2)20(25-32-21-14(3)28-8-7-19(21)38-25)24(33-26)31-18-11-17(27(4,5)36)22(34)23(18)35/h7-8,15-18,22-23,34-36H,6,9-12H2,1-5H3,(H2,29,30,31,33)/t15?,16?,17-,18+,22+,23-/m0/s1. The summed E-state index contributed by atoms with van der Waals surface area (Å²) < 4.78 is 6.70. The average molecular weight is 543 g/mol. The van der Waals surface area contributed by atoms with Crippen LogP contribution in [-0.2, 0) is 4.74 Å². The first-order chi connectivity index (χ1) is 18.0. The molecule has 5 rings (SSSR count). The molecule has 0 aliphatic heterocycles. The molecule has 0 saturated heterocycles. The summed E-state index contributed by atoms with van der Waals surface area (Å²) in [4.78, 5) is 18.8. The number of pyridine rings is 1. The number of anilines is 2. The molecule has 0 amide bonds. The van der Waals surface area contributed by atoms with Crippen LogP contribution < -0.4 is 10.6 Å². The number of aromatic nitrogens is 4. The number of aryl methyl sites for hydroxylation is 2. The predicted octanol–water partition coefficient (Wildman–Crippen LogP) is 3.29. The second-order valence-electron chi connectivity index (χ2n) is 11.1. The van der Waals surface area contributed by atoms with Crippen LogP contribution in [0.2, 0.25) is 0 Å². The Morgan fingerprint density at radius 3 is 2.50 bits per heavy atom. The lowest BCUT2D eigenvalue weighted by molar-refractivity contribution is -0.0601. The fraction of sp³-hybridized carbons (Fsp3) is 0.630. The average Bonchev–Trinajstić information content (AvgIpc) is 3.37. The SMILES string of the molecule is CCOC1CC(CNc2nc(C)c(-c3nc4c(C)nccc4s3)c(N[C@@H]3C[C@H](C(C)(C)O)[C@@H](O)[C@H]3O)n2)C1. The monoisotopic (exact) mass is 542 g/mol. The van der Waals surface area contributed by atoms with E-state index in [9.17, 15) is 15.3 Å². The van der Waals surface area contributed by atoms with Crippen molar-refractivity contribution < 1.29 is 20.1 Å². The highest BCUT2D eigenvalue weighted by Crippen LogP contribution is 2.40. The number of thiazole rings is 1. The third-order valence-electron chi connectivity index (χ3n) is 7.85. The van der Waals surface area contributed by atoms with E-state index in [1.807, 2.05) is 26.8 Å². The summed E-state index contributed by atoms with van der Waals surface area (Å²) in [6.45, 7) is 10.7. The molecule has 3 aromatic heterocycles. The lowest BCUT2D eigenvalue weighted by Crippen LogP contribution is -2.40. The molecule has 0 aromatic carbocycles. The molecule has 3 aromatic rings. The van der Waals surface area contributed by atoms with Crippen molar-refractivity contribution in [1.82, 2.24) is 19.9 Å². The van der Waals surface area contributed by atoms with Crippen LogP contribution >= 0.6 is 11.3 Å². The molecule has 2 fully saturated rings. The van der Waals surface area contributed by atoms with E-state index < -0.39 is 29.8 Å². The molecule has 2 aliphatic carbocycles. The molecule has 2 saturated carbocycles. The molecule has 2 aliphatic rings. The number of ether oxygens (including phenoxy) is 1. The number of nitrogens with one attached hydrogen (secondary N) is 2. The minimum Gasteiger partial charge on any atom is -0.390 e. The van der Waals surface area contributed by atoms with Crippen molar-refractivity contribution in [3.63, 3.8) is 0 Å². The van der Waals surface area contributed by atoms with E-state index in [-0.39, 0.29) is 0 Å². The molecule has 0 spiro atoms. The first kappa shape index (κ1) is 27.1. The highest BCUT2D eigenvalue weighted by Gasteiger charge is 2.48. The lowest BCUT2D eigenvalue weighted by atomic mass is 9.82. The van der Waals surface area contributed by atoms with E-state index >= 15 is 0 Å². The van der Waals surface area contributed by atoms with E-state index in [4.69, 9.17) is 19.7 Å². The molecule has 4 atom stereocenters. The van der Waals surface area contributed by atoms with Crippen molar-refractivity contribution in [3.8, 4) is 10.6 Å². The summed E-state index contributed by atoms with van der Waals surface area (Å²) in [5.41, 5.74) is 2.07. The fourth-order valence-corrected chi connectivity index (χ4v) is 6.72. The smallest absolute Gasteiger partial charge is 0.224 e. The number of rotatable bonds is 9. The highest BCUT2D eigenvalue weighted by atomic mass is 32.1. The Hall–Kier alpha value is -2.44. The number of aliphatic hydroxyl groups excluding tert-OH is 2. The zero-order chi connectivity index (χ0) is 27.2. The molecule has 206 valence electrons. The van der Waals surface area contributed by atoms with Gasteiger partial charge in [-0.3, -0.25) is 4.98 Å². The normalized spacial score (nSPS) is 27.5. The Bertz CT molecular complexity index is 1290. The molecule has 0 unspecified atom stereocenters. The van der Waals surface area contributed by atoms with E-state index in [2.05, 4.69) is 15.6 Å². The molecular formula is C27H38N6O4S. The van der Waals surface area contributed by atoms with Crippen molar-refractivity contribution in [2.45, 2.75) is 83.8 Å². The zero-order valence-corrected chi connectivity index (χ0v) is 23.4. The van der Waals surface area contributed by atoms with Crippen LogP contribution in [0.15, 0.2) is 12.3 Å². The van der Waals surface area contributed by atoms with Gasteiger partial charge in [0.25, 0.3) is 0 Å². The van der Waals surface area contributed by atoms with Crippen molar-refractivity contribution in [3.05, 3.63) is 23.7 Å². The fourth-order valence-electron chi connectivity index (χ4n) is 5.60. The highest BCUT2D eigenvalue weighted by molar-refractivity contribution is 7.21. The van der Waals surface area contributed by atoms with E-state index in [1.165, 1.54) is 0 Å². The van der Waals surface area contributed by atoms with Gasteiger partial charge in [0.2, 0.25) is 5.95 Å². The van der Waals surface area contributed by atoms with Gasteiger partial charge >= 0.3 is 0 Å². The summed E-state index contributed by atoms with van der Waals surface area (Å²) in [7, 11) is 0. The molecule has 0 bridgehead atoms. The van der Waals surface area contributed by atoms with Crippen molar-refractivity contribution in [2.75, 3.05) is 23.8 Å². The molecule has 38 heavy (non-hydrogen) atoms. The van der Waals surface area contributed by atoms with Gasteiger partial charge in [0.05, 0.1) is 45.5 Å². The van der Waals surface area contributed by atoms with Crippen LogP contribution in [0, 0.1) is 25.7 Å². The predicted molar refractivity (Wildman–Crippen MR) is 148 cm³/mol. The first-order valence-electron chi connectivity index (χ1n) is 13.4. The molecular weight excluding hydrogens is 504 g/mol. The van der Waals surface area contributed by atoms with Gasteiger partial charge in [-0.05, 0) is 65.9 Å². The zero-order valence-electron chi connectivity index (χ0n) is 22.6. The van der Waals surface area contributed by atoms with Crippen LogP contribution in [0.5, 0.6) is 0 Å². The van der Waals surface area contributed by atoms with Crippen LogP contribution in [0.25, 0.3) is 20.8 Å². The quantitative estimate of drug-likeness (QED) is 0.273. The van der Waals surface area contributed by atoms with Gasteiger partial charge in [-0.2, -0.15) is 4.98 Å². The third-order valence-corrected chi connectivity index (χ3v) is 8.89. The van der Waals surface area contributed by atoms with Gasteiger partial charge in [0.1, 0.15) is 22.4 Å². The van der Waals surface area contributed by atoms with Gasteiger partial charge in [0, 0.05) is 25.3 Å². The Morgan fingerprint density at radius 2 is 1.84 bits per heavy atom. The summed E-state index contributed by atoms with van der Waals surface area (Å²) in [5, 5.41) is 39.6. The molecule has 10 nitrogen and oxygen atoms in total. The van der Waals surface area contributed by atoms with Gasteiger partial charge < -0.3 is 30.7 Å². The summed E-state index contributed by atoms with van der Waals surface area (Å²) in [6, 6.07) is 1.45. The summed E-state index contributed by atoms with van der Waals surface area (Å²) >= 11 is 1.54.